The van der Waals surface area contributed by atoms with Gasteiger partial charge in [-0.15, -0.1) is 0 Å². The Morgan fingerprint density at radius 2 is 1.91 bits per heavy atom. The predicted octanol–water partition coefficient (Wildman–Crippen LogP) is 5.15. The molecule has 8 heteroatoms. The first-order chi connectivity index (χ1) is 15.6. The van der Waals surface area contributed by atoms with Crippen molar-refractivity contribution in [1.29, 1.82) is 5.26 Å². The summed E-state index contributed by atoms with van der Waals surface area (Å²) in [5.74, 6) is -0.534. The normalized spacial score (nSPS) is 23.4. The molecule has 0 saturated carbocycles. The van der Waals surface area contributed by atoms with Gasteiger partial charge in [0.05, 0.1) is 16.3 Å². The van der Waals surface area contributed by atoms with Crippen molar-refractivity contribution in [3.63, 3.8) is 0 Å². The number of benzene rings is 2. The highest BCUT2D eigenvalue weighted by molar-refractivity contribution is 9.10. The van der Waals surface area contributed by atoms with Crippen molar-refractivity contribution in [1.82, 2.24) is 0 Å². The summed E-state index contributed by atoms with van der Waals surface area (Å²) < 4.78 is 0.729. The molecular weight excluding hydrogens is 504 g/mol. The van der Waals surface area contributed by atoms with Crippen molar-refractivity contribution in [3.8, 4) is 6.07 Å². The number of halogens is 2. The van der Waals surface area contributed by atoms with Crippen molar-refractivity contribution in [2.45, 2.75) is 32.1 Å². The first-order valence-corrected chi connectivity index (χ1v) is 11.6. The average Bonchev–Trinajstić information content (AvgIpc) is 3.00. The highest BCUT2D eigenvalue weighted by atomic mass is 79.9. The third-order valence-electron chi connectivity index (χ3n) is 6.55. The van der Waals surface area contributed by atoms with Crippen LogP contribution in [0.5, 0.6) is 0 Å². The molecule has 3 aliphatic rings. The summed E-state index contributed by atoms with van der Waals surface area (Å²) in [6, 6.07) is 14.6. The Morgan fingerprint density at radius 1 is 1.18 bits per heavy atom. The smallest absolute Gasteiger partial charge is 0.245 e. The van der Waals surface area contributed by atoms with Crippen LogP contribution < -0.4 is 16.0 Å². The molecule has 6 nitrogen and oxygen atoms in total. The molecule has 33 heavy (non-hydrogen) atoms. The predicted molar refractivity (Wildman–Crippen MR) is 130 cm³/mol. The molecule has 1 unspecified atom stereocenters. The van der Waals surface area contributed by atoms with Crippen molar-refractivity contribution in [3.05, 3.63) is 80.2 Å². The van der Waals surface area contributed by atoms with Crippen LogP contribution in [0.3, 0.4) is 0 Å². The van der Waals surface area contributed by atoms with Crippen molar-refractivity contribution in [2.75, 3.05) is 10.2 Å². The highest BCUT2D eigenvalue weighted by Crippen LogP contribution is 2.57. The molecule has 0 aromatic heterocycles. The molecule has 2 heterocycles. The number of allylic oxidation sites excluding steroid dienone is 1. The molecule has 5 rings (SSSR count). The van der Waals surface area contributed by atoms with Crippen molar-refractivity contribution < 1.29 is 9.59 Å². The monoisotopic (exact) mass is 522 g/mol. The van der Waals surface area contributed by atoms with Crippen LogP contribution in [-0.4, -0.2) is 11.7 Å². The van der Waals surface area contributed by atoms with Gasteiger partial charge in [-0.25, -0.2) is 0 Å². The standard InChI is InChI=1S/C25H20BrClN4O2/c1-24(2)10-19-21(20(32)11-24)25(14-9-13(26)7-8-17(14)30-23(25)33)15(12-28)22(29)31(19)18-6-4-3-5-16(18)27/h3-9H,10-11,29H2,1-2H3,(H,30,33). The van der Waals surface area contributed by atoms with E-state index >= 15 is 0 Å². The number of carbonyl (C=O) groups excluding carboxylic acids is 2. The second-order valence-corrected chi connectivity index (χ2v) is 10.6. The van der Waals surface area contributed by atoms with Gasteiger partial charge in [-0.3, -0.25) is 14.5 Å². The topological polar surface area (TPSA) is 99.2 Å². The molecule has 3 N–H and O–H groups in total. The zero-order valence-electron chi connectivity index (χ0n) is 18.0. The number of nitrogens with zero attached hydrogens (tertiary/aromatic N) is 2. The molecule has 2 aliphatic heterocycles. The first kappa shape index (κ1) is 21.7. The maximum absolute atomic E-state index is 13.8. The van der Waals surface area contributed by atoms with E-state index in [9.17, 15) is 14.9 Å². The van der Waals surface area contributed by atoms with E-state index in [1.54, 1.807) is 41.3 Å². The van der Waals surface area contributed by atoms with Gasteiger partial charge < -0.3 is 11.1 Å². The van der Waals surface area contributed by atoms with Crippen LogP contribution in [0.1, 0.15) is 32.3 Å². The van der Waals surface area contributed by atoms with E-state index in [-0.39, 0.29) is 29.0 Å². The molecule has 2 aromatic rings. The van der Waals surface area contributed by atoms with Gasteiger partial charge in [-0.05, 0) is 42.2 Å². The number of ketones is 1. The summed E-state index contributed by atoms with van der Waals surface area (Å²) in [5, 5.41) is 13.6. The minimum Gasteiger partial charge on any atom is -0.384 e. The van der Waals surface area contributed by atoms with E-state index in [4.69, 9.17) is 17.3 Å². The number of fused-ring (bicyclic) bond motifs is 3. The van der Waals surface area contributed by atoms with E-state index in [1.807, 2.05) is 19.9 Å². The van der Waals surface area contributed by atoms with Crippen LogP contribution in [0.25, 0.3) is 0 Å². The Bertz CT molecular complexity index is 1370. The molecule has 1 aliphatic carbocycles. The van der Waals surface area contributed by atoms with Crippen LogP contribution >= 0.6 is 27.5 Å². The van der Waals surface area contributed by atoms with Crippen LogP contribution in [0.2, 0.25) is 5.02 Å². The largest absolute Gasteiger partial charge is 0.384 e. The number of para-hydroxylation sites is 1. The number of anilines is 2. The van der Waals surface area contributed by atoms with Gasteiger partial charge in [0.15, 0.2) is 5.78 Å². The summed E-state index contributed by atoms with van der Waals surface area (Å²) in [4.78, 5) is 29.2. The van der Waals surface area contributed by atoms with Gasteiger partial charge in [0.2, 0.25) is 5.91 Å². The summed E-state index contributed by atoms with van der Waals surface area (Å²) in [7, 11) is 0. The molecule has 2 aromatic carbocycles. The second-order valence-electron chi connectivity index (χ2n) is 9.32. The lowest BCUT2D eigenvalue weighted by molar-refractivity contribution is -0.123. The second kappa shape index (κ2) is 7.21. The number of Topliss-reactive ketones (excluding diaryl/α,β-unsaturated/α-hetero) is 1. The van der Waals surface area contributed by atoms with E-state index in [2.05, 4.69) is 27.3 Å². The van der Waals surface area contributed by atoms with Gasteiger partial charge in [0.1, 0.15) is 17.3 Å². The van der Waals surface area contributed by atoms with Gasteiger partial charge in [-0.1, -0.05) is 53.5 Å². The minimum absolute atomic E-state index is 0.0172. The Balaban J connectivity index is 1.93. The molecule has 1 amide bonds. The summed E-state index contributed by atoms with van der Waals surface area (Å²) >= 11 is 10.0. The third kappa shape index (κ3) is 2.91. The molecule has 1 spiro atoms. The van der Waals surface area contributed by atoms with E-state index in [1.165, 1.54) is 0 Å². The number of nitrogens with two attached hydrogens (primary N) is 1. The molecule has 0 radical (unpaired) electrons. The van der Waals surface area contributed by atoms with Crippen LogP contribution in [0.15, 0.2) is 69.6 Å². The number of rotatable bonds is 1. The molecule has 0 fully saturated rings. The number of carbonyl (C=O) groups is 2. The van der Waals surface area contributed by atoms with Crippen LogP contribution in [-0.2, 0) is 15.0 Å². The average molecular weight is 524 g/mol. The lowest BCUT2D eigenvalue weighted by Crippen LogP contribution is -2.52. The Morgan fingerprint density at radius 3 is 2.61 bits per heavy atom. The van der Waals surface area contributed by atoms with Crippen LogP contribution in [0.4, 0.5) is 11.4 Å². The molecule has 166 valence electrons. The highest BCUT2D eigenvalue weighted by Gasteiger charge is 2.61. The lowest BCUT2D eigenvalue weighted by atomic mass is 9.61. The molecule has 0 bridgehead atoms. The maximum Gasteiger partial charge on any atom is 0.245 e. The molecular formula is C25H20BrClN4O2. The van der Waals surface area contributed by atoms with E-state index < -0.39 is 11.3 Å². The van der Waals surface area contributed by atoms with Gasteiger partial charge in [-0.2, -0.15) is 5.26 Å². The summed E-state index contributed by atoms with van der Waals surface area (Å²) in [6.45, 7) is 4.01. The van der Waals surface area contributed by atoms with Gasteiger partial charge in [0.25, 0.3) is 0 Å². The SMILES string of the molecule is CC1(C)CC(=O)C2=C(C1)N(c1ccccc1Cl)C(N)=C(C#N)C21C(=O)Nc2ccc(Br)cc21. The number of hydrogen-bond donors (Lipinski definition) is 2. The number of amides is 1. The zero-order chi connectivity index (χ0) is 23.7. The number of nitriles is 1. The minimum atomic E-state index is -1.61. The van der Waals surface area contributed by atoms with Crippen molar-refractivity contribution >= 4 is 50.6 Å². The first-order valence-electron chi connectivity index (χ1n) is 10.4. The molecule has 0 saturated heterocycles. The summed E-state index contributed by atoms with van der Waals surface area (Å²) in [6.07, 6.45) is 0.732. The maximum atomic E-state index is 13.8. The quantitative estimate of drug-likeness (QED) is 0.539. The third-order valence-corrected chi connectivity index (χ3v) is 7.36. The van der Waals surface area contributed by atoms with Gasteiger partial charge in [0, 0.05) is 33.4 Å². The zero-order valence-corrected chi connectivity index (χ0v) is 20.3. The number of hydrogen-bond acceptors (Lipinski definition) is 5. The fourth-order valence-electron chi connectivity index (χ4n) is 5.30. The Hall–Kier alpha value is -3.08. The van der Waals surface area contributed by atoms with E-state index in [0.29, 0.717) is 39.7 Å². The summed E-state index contributed by atoms with van der Waals surface area (Å²) in [5.41, 5.74) is 7.27. The fraction of sp³-hybridized carbons (Fsp3) is 0.240. The number of nitrogens with one attached hydrogen (secondary N) is 1. The fourth-order valence-corrected chi connectivity index (χ4v) is 5.88. The van der Waals surface area contributed by atoms with Gasteiger partial charge >= 0.3 is 0 Å². The van der Waals surface area contributed by atoms with E-state index in [0.717, 1.165) is 4.47 Å². The lowest BCUT2D eigenvalue weighted by Gasteiger charge is -2.46. The van der Waals surface area contributed by atoms with Crippen molar-refractivity contribution in [2.24, 2.45) is 11.1 Å². The Labute approximate surface area is 204 Å². The van der Waals surface area contributed by atoms with Crippen LogP contribution in [0, 0.1) is 16.7 Å². The Kier molecular flexibility index (Phi) is 4.75. The molecule has 1 atom stereocenters.